The number of hydrogen-bond acceptors (Lipinski definition) is 6. The van der Waals surface area contributed by atoms with Gasteiger partial charge < -0.3 is 14.2 Å². The van der Waals surface area contributed by atoms with Gasteiger partial charge in [-0.25, -0.2) is 8.42 Å². The number of nitrogens with zero attached hydrogens (tertiary/aromatic N) is 2. The predicted octanol–water partition coefficient (Wildman–Crippen LogP) is 5.61. The van der Waals surface area contributed by atoms with Gasteiger partial charge in [0.2, 0.25) is 21.8 Å². The number of ether oxygens (including phenoxy) is 1. The van der Waals surface area contributed by atoms with Crippen LogP contribution in [0.2, 0.25) is 0 Å². The molecule has 0 fully saturated rings. The topological polar surface area (TPSA) is 81.9 Å². The van der Waals surface area contributed by atoms with Crippen LogP contribution in [-0.4, -0.2) is 50.6 Å². The summed E-state index contributed by atoms with van der Waals surface area (Å²) >= 11 is 0. The van der Waals surface area contributed by atoms with Crippen molar-refractivity contribution in [3.05, 3.63) is 96.1 Å². The van der Waals surface area contributed by atoms with E-state index in [4.69, 9.17) is 4.74 Å². The molecule has 1 heterocycles. The number of rotatable bonds is 7. The van der Waals surface area contributed by atoms with Crippen molar-refractivity contribution in [2.24, 2.45) is 0 Å². The molecule has 0 unspecified atom stereocenters. The molecule has 0 amide bonds. The second-order valence-corrected chi connectivity index (χ2v) is 9.53. The van der Waals surface area contributed by atoms with Crippen LogP contribution in [0.1, 0.15) is 25.0 Å². The molecule has 0 radical (unpaired) electrons. The van der Waals surface area contributed by atoms with E-state index >= 15 is 0 Å². The Morgan fingerprint density at radius 1 is 0.865 bits per heavy atom. The van der Waals surface area contributed by atoms with E-state index in [0.717, 1.165) is 30.8 Å². The highest BCUT2D eigenvalue weighted by atomic mass is 32.3. The fourth-order valence-corrected chi connectivity index (χ4v) is 4.57. The third-order valence-corrected chi connectivity index (χ3v) is 6.69. The normalized spacial score (nSPS) is 12.4. The molecule has 0 atom stereocenters. The molecule has 0 spiro atoms. The Hall–Kier alpha value is -3.72. The molecule has 37 heavy (non-hydrogen) atoms. The van der Waals surface area contributed by atoms with E-state index in [0.29, 0.717) is 6.61 Å². The smallest absolute Gasteiger partial charge is 0.221 e. The van der Waals surface area contributed by atoms with Crippen LogP contribution in [0.25, 0.3) is 10.8 Å². The Kier molecular flexibility index (Phi) is 7.92. The van der Waals surface area contributed by atoms with Crippen LogP contribution in [-0.2, 0) is 14.6 Å². The predicted molar refractivity (Wildman–Crippen MR) is 146 cm³/mol. The average molecular weight is 519 g/mol. The summed E-state index contributed by atoms with van der Waals surface area (Å²) < 4.78 is 39.0. The van der Waals surface area contributed by atoms with Crippen molar-refractivity contribution in [3.8, 4) is 5.75 Å². The van der Waals surface area contributed by atoms with Crippen LogP contribution in [0.3, 0.4) is 0 Å². The van der Waals surface area contributed by atoms with Gasteiger partial charge in [0.1, 0.15) is 12.3 Å². The molecule has 7 nitrogen and oxygen atoms in total. The third kappa shape index (κ3) is 5.67. The summed E-state index contributed by atoms with van der Waals surface area (Å²) in [5.74, 6) is 0.904. The summed E-state index contributed by atoms with van der Waals surface area (Å²) in [7, 11) is -1.50. The molecule has 1 aliphatic heterocycles. The van der Waals surface area contributed by atoms with Crippen molar-refractivity contribution < 1.29 is 26.5 Å². The molecule has 0 saturated heterocycles. The first-order chi connectivity index (χ1) is 17.8. The molecule has 1 aliphatic rings. The fraction of sp³-hybridized carbons (Fsp3) is 0.207. The van der Waals surface area contributed by atoms with Crippen LogP contribution in [0.5, 0.6) is 5.75 Å². The minimum absolute atomic E-state index is 0.682. The Labute approximate surface area is 218 Å². The zero-order valence-corrected chi connectivity index (χ0v) is 22.2. The lowest BCUT2D eigenvalue weighted by Crippen LogP contribution is -2.15. The van der Waals surface area contributed by atoms with E-state index in [1.54, 1.807) is 0 Å². The first-order valence-corrected chi connectivity index (χ1v) is 13.4. The van der Waals surface area contributed by atoms with E-state index < -0.39 is 10.4 Å². The molecule has 8 heteroatoms. The van der Waals surface area contributed by atoms with Crippen LogP contribution in [0.4, 0.5) is 17.1 Å². The lowest BCUT2D eigenvalue weighted by Gasteiger charge is -2.20. The Bertz CT molecular complexity index is 1520. The van der Waals surface area contributed by atoms with Crippen LogP contribution in [0.15, 0.2) is 84.9 Å². The van der Waals surface area contributed by atoms with Gasteiger partial charge in [0.05, 0.1) is 24.7 Å². The van der Waals surface area contributed by atoms with Gasteiger partial charge in [0.15, 0.2) is 0 Å². The number of hydrogen-bond donors (Lipinski definition) is 0. The highest BCUT2D eigenvalue weighted by Crippen LogP contribution is 2.37. The molecule has 0 bridgehead atoms. The lowest BCUT2D eigenvalue weighted by molar-refractivity contribution is -0.431. The third-order valence-electron chi connectivity index (χ3n) is 6.28. The molecule has 192 valence electrons. The quantitative estimate of drug-likeness (QED) is 0.180. The highest BCUT2D eigenvalue weighted by molar-refractivity contribution is 7.80. The van der Waals surface area contributed by atoms with Gasteiger partial charge in [0.25, 0.3) is 0 Å². The SMILES string of the molecule is CCOc1ccc(N(C)c2ccc(C3=[N+](CC)c4cccc5cccc3c45)cc2)cc1.COS(=O)(=O)[O-]. The molecule has 4 aromatic rings. The van der Waals surface area contributed by atoms with Crippen molar-refractivity contribution in [1.82, 2.24) is 0 Å². The second kappa shape index (κ2) is 11.1. The zero-order valence-electron chi connectivity index (χ0n) is 21.3. The van der Waals surface area contributed by atoms with Crippen LogP contribution in [0, 0.1) is 0 Å². The van der Waals surface area contributed by atoms with Gasteiger partial charge in [-0.1, -0.05) is 24.3 Å². The van der Waals surface area contributed by atoms with Gasteiger partial charge in [-0.05, 0) is 73.8 Å². The van der Waals surface area contributed by atoms with E-state index in [1.807, 2.05) is 19.1 Å². The van der Waals surface area contributed by atoms with E-state index in [9.17, 15) is 13.0 Å². The van der Waals surface area contributed by atoms with Gasteiger partial charge >= 0.3 is 0 Å². The average Bonchev–Trinajstić information content (AvgIpc) is 3.24. The van der Waals surface area contributed by atoms with Gasteiger partial charge in [0, 0.05) is 30.1 Å². The maximum atomic E-state index is 9.22. The summed E-state index contributed by atoms with van der Waals surface area (Å²) in [6.45, 7) is 5.85. The van der Waals surface area contributed by atoms with Crippen molar-refractivity contribution >= 4 is 43.9 Å². The largest absolute Gasteiger partial charge is 0.726 e. The summed E-state index contributed by atoms with van der Waals surface area (Å²) in [6.07, 6.45) is 0. The standard InChI is InChI=1S/C28H27N2O.CH4O4S/c1-4-30-26-11-7-9-20-8-6-10-25(27(20)26)28(30)21-12-14-22(15-13-21)29(3)23-16-18-24(19-17-23)31-5-2;1-5-6(2,3)4/h6-19H,4-5H2,1-3H3;1H3,(H,2,3,4)/q+1;/p-1. The number of anilines is 2. The molecule has 5 rings (SSSR count). The molecule has 4 aromatic carbocycles. The van der Waals surface area contributed by atoms with Crippen molar-refractivity contribution in [1.29, 1.82) is 0 Å². The summed E-state index contributed by atoms with van der Waals surface area (Å²) in [6, 6.07) is 30.3. The van der Waals surface area contributed by atoms with Crippen molar-refractivity contribution in [3.63, 3.8) is 0 Å². The van der Waals surface area contributed by atoms with Crippen molar-refractivity contribution in [2.75, 3.05) is 32.2 Å². The Balaban J connectivity index is 0.000000480. The lowest BCUT2D eigenvalue weighted by atomic mass is 9.98. The van der Waals surface area contributed by atoms with Crippen molar-refractivity contribution in [2.45, 2.75) is 13.8 Å². The summed E-state index contributed by atoms with van der Waals surface area (Å²) in [5.41, 5.74) is 7.46. The Morgan fingerprint density at radius 3 is 1.97 bits per heavy atom. The highest BCUT2D eigenvalue weighted by Gasteiger charge is 2.31. The fourth-order valence-electron chi connectivity index (χ4n) is 4.57. The minimum Gasteiger partial charge on any atom is -0.726 e. The molecular formula is C29H30N2O5S. The maximum absolute atomic E-state index is 9.22. The van der Waals surface area contributed by atoms with Crippen LogP contribution >= 0.6 is 0 Å². The molecule has 0 saturated carbocycles. The Morgan fingerprint density at radius 2 is 1.43 bits per heavy atom. The maximum Gasteiger partial charge on any atom is 0.221 e. The number of benzene rings is 4. The molecule has 0 aromatic heterocycles. The van der Waals surface area contributed by atoms with Gasteiger partial charge in [-0.15, -0.1) is 0 Å². The van der Waals surface area contributed by atoms with Gasteiger partial charge in [-0.2, -0.15) is 4.58 Å². The molecular weight excluding hydrogens is 488 g/mol. The summed E-state index contributed by atoms with van der Waals surface area (Å²) in [4.78, 5) is 2.20. The van der Waals surface area contributed by atoms with E-state index in [1.165, 1.54) is 33.3 Å². The van der Waals surface area contributed by atoms with E-state index in [-0.39, 0.29) is 0 Å². The first kappa shape index (κ1) is 26.3. The second-order valence-electron chi connectivity index (χ2n) is 8.38. The molecule has 0 aliphatic carbocycles. The minimum atomic E-state index is -4.41. The molecule has 0 N–H and O–H groups in total. The monoisotopic (exact) mass is 518 g/mol. The van der Waals surface area contributed by atoms with Gasteiger partial charge in [-0.3, -0.25) is 4.18 Å². The zero-order chi connectivity index (χ0) is 26.6. The summed E-state index contributed by atoms with van der Waals surface area (Å²) in [5, 5.41) is 2.66. The van der Waals surface area contributed by atoms with Crippen LogP contribution < -0.4 is 9.64 Å². The van der Waals surface area contributed by atoms with E-state index in [2.05, 4.69) is 100 Å². The first-order valence-electron chi connectivity index (χ1n) is 12.0.